The van der Waals surface area contributed by atoms with Crippen LogP contribution < -0.4 is 5.43 Å². The minimum atomic E-state index is -1.19. The van der Waals surface area contributed by atoms with Crippen LogP contribution >= 0.6 is 0 Å². The number of hydrogen-bond acceptors (Lipinski definition) is 4. The maximum Gasteiger partial charge on any atom is 0.320 e. The van der Waals surface area contributed by atoms with Gasteiger partial charge in [0.1, 0.15) is 5.92 Å². The lowest BCUT2D eigenvalue weighted by Crippen LogP contribution is -2.36. The lowest BCUT2D eigenvalue weighted by Gasteiger charge is -2.11. The highest BCUT2D eigenvalue weighted by atomic mass is 16.4. The Balaban J connectivity index is 3.88. The third-order valence-corrected chi connectivity index (χ3v) is 1.46. The van der Waals surface area contributed by atoms with Gasteiger partial charge in [0.15, 0.2) is 0 Å². The van der Waals surface area contributed by atoms with Crippen molar-refractivity contribution in [3.63, 3.8) is 0 Å². The zero-order valence-electron chi connectivity index (χ0n) is 8.15. The second-order valence-electron chi connectivity index (χ2n) is 2.99. The quantitative estimate of drug-likeness (QED) is 0.587. The minimum absolute atomic E-state index is 0.0305. The first-order valence-electron chi connectivity index (χ1n) is 4.06. The number of nitriles is 1. The molecule has 0 aliphatic rings. The molecule has 0 aromatic rings. The van der Waals surface area contributed by atoms with E-state index < -0.39 is 11.9 Å². The predicted molar refractivity (Wildman–Crippen MR) is 47.8 cm³/mol. The molecular weight excluding hydrogens is 186 g/mol. The van der Waals surface area contributed by atoms with Crippen LogP contribution in [0, 0.1) is 17.2 Å². The Kier molecular flexibility index (Phi) is 5.26. The van der Waals surface area contributed by atoms with Crippen molar-refractivity contribution in [2.24, 2.45) is 5.92 Å². The van der Waals surface area contributed by atoms with Crippen LogP contribution in [0.1, 0.15) is 12.8 Å². The van der Waals surface area contributed by atoms with Crippen molar-refractivity contribution >= 4 is 11.9 Å². The summed E-state index contributed by atoms with van der Waals surface area (Å²) in [6.07, 6.45) is 0.0637. The predicted octanol–water partition coefficient (Wildman–Crippen LogP) is -0.416. The van der Waals surface area contributed by atoms with Crippen molar-refractivity contribution in [2.45, 2.75) is 12.8 Å². The molecule has 0 radical (unpaired) electrons. The van der Waals surface area contributed by atoms with Gasteiger partial charge >= 0.3 is 5.97 Å². The number of nitrogens with zero attached hydrogens (tertiary/aromatic N) is 2. The van der Waals surface area contributed by atoms with E-state index in [0.717, 1.165) is 0 Å². The molecule has 6 heteroatoms. The van der Waals surface area contributed by atoms with Crippen LogP contribution in [0.4, 0.5) is 0 Å². The summed E-state index contributed by atoms with van der Waals surface area (Å²) >= 11 is 0. The Labute approximate surface area is 82.1 Å². The molecule has 0 fully saturated rings. The molecule has 0 aromatic carbocycles. The molecule has 2 N–H and O–H groups in total. The first kappa shape index (κ1) is 12.4. The van der Waals surface area contributed by atoms with Crippen LogP contribution in [-0.2, 0) is 9.59 Å². The molecule has 1 atom stereocenters. The van der Waals surface area contributed by atoms with Crippen LogP contribution in [0.3, 0.4) is 0 Å². The van der Waals surface area contributed by atoms with Gasteiger partial charge in [-0.05, 0) is 6.42 Å². The van der Waals surface area contributed by atoms with Crippen LogP contribution in [0.5, 0.6) is 0 Å². The SMILES string of the molecule is CN(C)NC(=O)CCC(C#N)C(=O)O. The number of carboxylic acids is 1. The molecule has 0 saturated heterocycles. The van der Waals surface area contributed by atoms with Gasteiger partial charge in [-0.3, -0.25) is 15.0 Å². The maximum absolute atomic E-state index is 11.0. The Bertz CT molecular complexity index is 257. The van der Waals surface area contributed by atoms with Crippen molar-refractivity contribution < 1.29 is 14.7 Å². The van der Waals surface area contributed by atoms with Crippen molar-refractivity contribution in [3.8, 4) is 6.07 Å². The van der Waals surface area contributed by atoms with Gasteiger partial charge in [0.25, 0.3) is 0 Å². The van der Waals surface area contributed by atoms with E-state index in [-0.39, 0.29) is 18.7 Å². The molecule has 78 valence electrons. The van der Waals surface area contributed by atoms with E-state index in [1.54, 1.807) is 20.2 Å². The van der Waals surface area contributed by atoms with Gasteiger partial charge in [-0.25, -0.2) is 5.01 Å². The molecule has 0 saturated carbocycles. The fourth-order valence-electron chi connectivity index (χ4n) is 0.824. The molecule has 6 nitrogen and oxygen atoms in total. The molecule has 1 amide bonds. The van der Waals surface area contributed by atoms with Gasteiger partial charge in [0.2, 0.25) is 5.91 Å². The number of rotatable bonds is 5. The number of amides is 1. The van der Waals surface area contributed by atoms with Crippen molar-refractivity contribution in [3.05, 3.63) is 0 Å². The van der Waals surface area contributed by atoms with Crippen molar-refractivity contribution in [1.29, 1.82) is 5.26 Å². The number of hydrazine groups is 1. The van der Waals surface area contributed by atoms with Gasteiger partial charge < -0.3 is 5.11 Å². The molecule has 0 aromatic heterocycles. The molecule has 0 aliphatic carbocycles. The van der Waals surface area contributed by atoms with Crippen LogP contribution in [0.2, 0.25) is 0 Å². The smallest absolute Gasteiger partial charge is 0.320 e. The number of carbonyl (C=O) groups is 2. The van der Waals surface area contributed by atoms with Crippen LogP contribution in [-0.4, -0.2) is 36.1 Å². The normalized spacial score (nSPS) is 11.9. The van der Waals surface area contributed by atoms with Crippen LogP contribution in [0.25, 0.3) is 0 Å². The maximum atomic E-state index is 11.0. The van der Waals surface area contributed by atoms with E-state index in [0.29, 0.717) is 0 Å². The summed E-state index contributed by atoms with van der Waals surface area (Å²) in [5, 5.41) is 18.4. The summed E-state index contributed by atoms with van der Waals surface area (Å²) in [4.78, 5) is 21.4. The zero-order chi connectivity index (χ0) is 11.1. The van der Waals surface area contributed by atoms with Gasteiger partial charge in [0.05, 0.1) is 6.07 Å². The number of aliphatic carboxylic acids is 1. The third-order valence-electron chi connectivity index (χ3n) is 1.46. The highest BCUT2D eigenvalue weighted by Gasteiger charge is 2.17. The fourth-order valence-corrected chi connectivity index (χ4v) is 0.824. The third kappa shape index (κ3) is 5.11. The average Bonchev–Trinajstić information content (AvgIpc) is 2.03. The molecule has 0 rings (SSSR count). The molecule has 0 spiro atoms. The Hall–Kier alpha value is -1.61. The molecule has 14 heavy (non-hydrogen) atoms. The van der Waals surface area contributed by atoms with E-state index in [4.69, 9.17) is 10.4 Å². The number of carbonyl (C=O) groups excluding carboxylic acids is 1. The molecule has 0 aliphatic heterocycles. The summed E-state index contributed by atoms with van der Waals surface area (Å²) in [5.41, 5.74) is 2.45. The van der Waals surface area contributed by atoms with E-state index in [1.807, 2.05) is 0 Å². The van der Waals surface area contributed by atoms with Crippen molar-refractivity contribution in [2.75, 3.05) is 14.1 Å². The minimum Gasteiger partial charge on any atom is -0.480 e. The Morgan fingerprint density at radius 1 is 1.57 bits per heavy atom. The van der Waals surface area contributed by atoms with Gasteiger partial charge in [0, 0.05) is 20.5 Å². The summed E-state index contributed by atoms with van der Waals surface area (Å²) in [7, 11) is 3.30. The average molecular weight is 199 g/mol. The highest BCUT2D eigenvalue weighted by molar-refractivity contribution is 5.77. The van der Waals surface area contributed by atoms with E-state index in [1.165, 1.54) is 5.01 Å². The summed E-state index contributed by atoms with van der Waals surface area (Å²) in [6.45, 7) is 0. The first-order valence-corrected chi connectivity index (χ1v) is 4.06. The Morgan fingerprint density at radius 2 is 2.14 bits per heavy atom. The first-order chi connectivity index (χ1) is 6.47. The lowest BCUT2D eigenvalue weighted by molar-refractivity contribution is -0.140. The monoisotopic (exact) mass is 199 g/mol. The lowest BCUT2D eigenvalue weighted by atomic mass is 10.1. The fraction of sp³-hybridized carbons (Fsp3) is 0.625. The Morgan fingerprint density at radius 3 is 2.50 bits per heavy atom. The van der Waals surface area contributed by atoms with Gasteiger partial charge in [-0.2, -0.15) is 5.26 Å². The zero-order valence-corrected chi connectivity index (χ0v) is 8.15. The molecule has 0 heterocycles. The summed E-state index contributed by atoms with van der Waals surface area (Å²) in [6, 6.07) is 1.62. The molecule has 0 bridgehead atoms. The number of nitrogens with one attached hydrogen (secondary N) is 1. The number of hydrogen-bond donors (Lipinski definition) is 2. The van der Waals surface area contributed by atoms with Crippen molar-refractivity contribution in [1.82, 2.24) is 10.4 Å². The highest BCUT2D eigenvalue weighted by Crippen LogP contribution is 2.04. The van der Waals surface area contributed by atoms with Crippen LogP contribution in [0.15, 0.2) is 0 Å². The standard InChI is InChI=1S/C8H13N3O3/c1-11(2)10-7(12)4-3-6(5-9)8(13)14/h6H,3-4H2,1-2H3,(H,10,12)(H,13,14). The number of carboxylic acid groups (broad SMARTS) is 1. The second-order valence-corrected chi connectivity index (χ2v) is 2.99. The largest absolute Gasteiger partial charge is 0.480 e. The van der Waals surface area contributed by atoms with Gasteiger partial charge in [-0.15, -0.1) is 0 Å². The van der Waals surface area contributed by atoms with E-state index in [2.05, 4.69) is 5.43 Å². The topological polar surface area (TPSA) is 93.4 Å². The molecular formula is C8H13N3O3. The van der Waals surface area contributed by atoms with E-state index in [9.17, 15) is 9.59 Å². The summed E-state index contributed by atoms with van der Waals surface area (Å²) < 4.78 is 0. The molecule has 1 unspecified atom stereocenters. The van der Waals surface area contributed by atoms with Gasteiger partial charge in [-0.1, -0.05) is 0 Å². The second kappa shape index (κ2) is 5.94. The van der Waals surface area contributed by atoms with E-state index >= 15 is 0 Å². The summed E-state index contributed by atoms with van der Waals surface area (Å²) in [5.74, 6) is -2.59.